The van der Waals surface area contributed by atoms with Crippen LogP contribution in [0.1, 0.15) is 44.3 Å². The molecule has 0 radical (unpaired) electrons. The summed E-state index contributed by atoms with van der Waals surface area (Å²) in [4.78, 5) is 11.2. The van der Waals surface area contributed by atoms with Gasteiger partial charge in [0.2, 0.25) is 0 Å². The zero-order valence-corrected chi connectivity index (χ0v) is 10.5. The average Bonchev–Trinajstić information content (AvgIpc) is 2.88. The van der Waals surface area contributed by atoms with E-state index in [1.807, 2.05) is 0 Å². The van der Waals surface area contributed by atoms with Crippen molar-refractivity contribution >= 4 is 5.97 Å². The Bertz CT molecular complexity index is 352. The molecule has 1 heterocycles. The van der Waals surface area contributed by atoms with E-state index in [1.54, 1.807) is 18.4 Å². The molecule has 1 atom stereocenters. The van der Waals surface area contributed by atoms with Crippen LogP contribution in [0.2, 0.25) is 0 Å². The van der Waals surface area contributed by atoms with Crippen LogP contribution in [0.25, 0.3) is 0 Å². The maximum absolute atomic E-state index is 11.2. The Morgan fingerprint density at radius 1 is 1.44 bits per heavy atom. The highest BCUT2D eigenvalue weighted by molar-refractivity contribution is 5.72. The quantitative estimate of drug-likeness (QED) is 0.844. The van der Waals surface area contributed by atoms with E-state index in [4.69, 9.17) is 9.15 Å². The first-order valence-electron chi connectivity index (χ1n) is 6.62. The summed E-state index contributed by atoms with van der Waals surface area (Å²) in [5.74, 6) is 0.300. The Balaban J connectivity index is 1.81. The molecule has 18 heavy (non-hydrogen) atoms. The van der Waals surface area contributed by atoms with Crippen LogP contribution < -0.4 is 0 Å². The van der Waals surface area contributed by atoms with Gasteiger partial charge in [-0.3, -0.25) is 0 Å². The lowest BCUT2D eigenvalue weighted by Gasteiger charge is -2.24. The van der Waals surface area contributed by atoms with E-state index in [0.717, 1.165) is 12.8 Å². The minimum Gasteiger partial charge on any atom is -0.479 e. The number of hydrogen-bond acceptors (Lipinski definition) is 3. The molecule has 1 aliphatic rings. The molecule has 1 aromatic heterocycles. The standard InChI is InChI=1S/C14H20O4/c15-14(16)13(9-11-5-2-1-3-6-11)18-10-12-7-4-8-17-12/h4,7-8,11,13H,1-3,5-6,9-10H2,(H,15,16). The number of aliphatic carboxylic acids is 1. The summed E-state index contributed by atoms with van der Waals surface area (Å²) in [6.07, 6.45) is 7.46. The smallest absolute Gasteiger partial charge is 0.332 e. The van der Waals surface area contributed by atoms with Crippen LogP contribution in [0.4, 0.5) is 0 Å². The highest BCUT2D eigenvalue weighted by Gasteiger charge is 2.24. The van der Waals surface area contributed by atoms with E-state index in [1.165, 1.54) is 19.3 Å². The maximum atomic E-state index is 11.2. The van der Waals surface area contributed by atoms with Crippen molar-refractivity contribution in [2.75, 3.05) is 0 Å². The van der Waals surface area contributed by atoms with Crippen LogP contribution in [-0.2, 0) is 16.1 Å². The topological polar surface area (TPSA) is 59.7 Å². The van der Waals surface area contributed by atoms with Crippen LogP contribution in [-0.4, -0.2) is 17.2 Å². The van der Waals surface area contributed by atoms with E-state index < -0.39 is 12.1 Å². The minimum absolute atomic E-state index is 0.233. The predicted molar refractivity (Wildman–Crippen MR) is 66.1 cm³/mol. The molecule has 4 nitrogen and oxygen atoms in total. The van der Waals surface area contributed by atoms with Crippen molar-refractivity contribution in [1.82, 2.24) is 0 Å². The number of hydrogen-bond donors (Lipinski definition) is 1. The molecule has 0 aromatic carbocycles. The average molecular weight is 252 g/mol. The molecule has 1 N–H and O–H groups in total. The Morgan fingerprint density at radius 3 is 2.83 bits per heavy atom. The van der Waals surface area contributed by atoms with Gasteiger partial charge in [-0.25, -0.2) is 4.79 Å². The molecule has 0 amide bonds. The monoisotopic (exact) mass is 252 g/mol. The van der Waals surface area contributed by atoms with E-state index >= 15 is 0 Å². The highest BCUT2D eigenvalue weighted by Crippen LogP contribution is 2.28. The van der Waals surface area contributed by atoms with Gasteiger partial charge in [-0.15, -0.1) is 0 Å². The maximum Gasteiger partial charge on any atom is 0.332 e. The van der Waals surface area contributed by atoms with Gasteiger partial charge in [0.15, 0.2) is 6.10 Å². The number of furan rings is 1. The Hall–Kier alpha value is -1.29. The molecule has 0 bridgehead atoms. The Morgan fingerprint density at radius 2 is 2.22 bits per heavy atom. The normalized spacial score (nSPS) is 18.7. The first-order chi connectivity index (χ1) is 8.75. The molecule has 0 saturated heterocycles. The molecule has 1 aromatic rings. The van der Waals surface area contributed by atoms with Gasteiger partial charge in [0, 0.05) is 0 Å². The summed E-state index contributed by atoms with van der Waals surface area (Å²) in [5, 5.41) is 9.18. The van der Waals surface area contributed by atoms with Crippen molar-refractivity contribution in [2.45, 2.75) is 51.2 Å². The van der Waals surface area contributed by atoms with Crippen molar-refractivity contribution in [3.05, 3.63) is 24.2 Å². The molecule has 4 heteroatoms. The fourth-order valence-corrected chi connectivity index (χ4v) is 2.54. The highest BCUT2D eigenvalue weighted by atomic mass is 16.5. The van der Waals surface area contributed by atoms with E-state index in [-0.39, 0.29) is 6.61 Å². The summed E-state index contributed by atoms with van der Waals surface area (Å²) in [6.45, 7) is 0.233. The first kappa shape index (κ1) is 13.1. The molecular formula is C14H20O4. The van der Waals surface area contributed by atoms with E-state index in [9.17, 15) is 9.90 Å². The molecule has 1 unspecified atom stereocenters. The second-order valence-electron chi connectivity index (χ2n) is 4.96. The van der Waals surface area contributed by atoms with Gasteiger partial charge in [0.1, 0.15) is 12.4 Å². The third-order valence-electron chi connectivity index (χ3n) is 3.55. The fourth-order valence-electron chi connectivity index (χ4n) is 2.54. The van der Waals surface area contributed by atoms with Crippen molar-refractivity contribution < 1.29 is 19.1 Å². The molecule has 0 spiro atoms. The minimum atomic E-state index is -0.868. The molecule has 1 fully saturated rings. The first-order valence-corrected chi connectivity index (χ1v) is 6.62. The predicted octanol–water partition coefficient (Wildman–Crippen LogP) is 3.22. The van der Waals surface area contributed by atoms with Crippen molar-refractivity contribution in [1.29, 1.82) is 0 Å². The zero-order chi connectivity index (χ0) is 12.8. The molecule has 0 aliphatic heterocycles. The Kier molecular flexibility index (Phi) is 4.81. The number of carboxylic acid groups (broad SMARTS) is 1. The summed E-state index contributed by atoms with van der Waals surface area (Å²) in [5.41, 5.74) is 0. The number of carbonyl (C=O) groups is 1. The van der Waals surface area contributed by atoms with Crippen LogP contribution in [0, 0.1) is 5.92 Å². The fraction of sp³-hybridized carbons (Fsp3) is 0.643. The summed E-state index contributed by atoms with van der Waals surface area (Å²) < 4.78 is 10.6. The largest absolute Gasteiger partial charge is 0.479 e. The van der Waals surface area contributed by atoms with Gasteiger partial charge in [-0.2, -0.15) is 0 Å². The molecule has 2 rings (SSSR count). The Labute approximate surface area is 107 Å². The van der Waals surface area contributed by atoms with Crippen LogP contribution in [0.15, 0.2) is 22.8 Å². The van der Waals surface area contributed by atoms with Crippen LogP contribution in [0.5, 0.6) is 0 Å². The van der Waals surface area contributed by atoms with Gasteiger partial charge >= 0.3 is 5.97 Å². The number of carboxylic acids is 1. The van der Waals surface area contributed by atoms with Crippen molar-refractivity contribution in [3.8, 4) is 0 Å². The zero-order valence-electron chi connectivity index (χ0n) is 10.5. The van der Waals surface area contributed by atoms with Crippen molar-refractivity contribution in [3.63, 3.8) is 0 Å². The van der Waals surface area contributed by atoms with Crippen molar-refractivity contribution in [2.24, 2.45) is 5.92 Å². The molecule has 100 valence electrons. The lowest BCUT2D eigenvalue weighted by atomic mass is 9.85. The van der Waals surface area contributed by atoms with Gasteiger partial charge < -0.3 is 14.3 Å². The third-order valence-corrected chi connectivity index (χ3v) is 3.55. The molecular weight excluding hydrogens is 232 g/mol. The van der Waals surface area contributed by atoms with Crippen LogP contribution in [0.3, 0.4) is 0 Å². The van der Waals surface area contributed by atoms with E-state index in [2.05, 4.69) is 0 Å². The molecule has 1 aliphatic carbocycles. The lowest BCUT2D eigenvalue weighted by Crippen LogP contribution is -2.27. The second kappa shape index (κ2) is 6.59. The van der Waals surface area contributed by atoms with Gasteiger partial charge in [-0.1, -0.05) is 32.1 Å². The number of ether oxygens (including phenoxy) is 1. The number of rotatable bonds is 6. The molecule has 1 saturated carbocycles. The second-order valence-corrected chi connectivity index (χ2v) is 4.96. The van der Waals surface area contributed by atoms with Crippen LogP contribution >= 0.6 is 0 Å². The SMILES string of the molecule is O=C(O)C(CC1CCCCC1)OCc1ccco1. The van der Waals surface area contributed by atoms with Gasteiger partial charge in [-0.05, 0) is 24.5 Å². The van der Waals surface area contributed by atoms with Gasteiger partial charge in [0.05, 0.1) is 6.26 Å². The summed E-state index contributed by atoms with van der Waals surface area (Å²) in [6, 6.07) is 3.56. The van der Waals surface area contributed by atoms with E-state index in [0.29, 0.717) is 18.1 Å². The summed E-state index contributed by atoms with van der Waals surface area (Å²) >= 11 is 0. The third kappa shape index (κ3) is 3.88. The van der Waals surface area contributed by atoms with Gasteiger partial charge in [0.25, 0.3) is 0 Å². The lowest BCUT2D eigenvalue weighted by molar-refractivity contribution is -0.153. The summed E-state index contributed by atoms with van der Waals surface area (Å²) in [7, 11) is 0.